The van der Waals surface area contributed by atoms with E-state index < -0.39 is 0 Å². The van der Waals surface area contributed by atoms with Crippen molar-refractivity contribution >= 4 is 43.6 Å². The number of benzene rings is 6. The fourth-order valence-electron chi connectivity index (χ4n) is 7.70. The van der Waals surface area contributed by atoms with E-state index in [1.54, 1.807) is 49.1 Å². The second kappa shape index (κ2) is 13.9. The molecule has 0 spiro atoms. The number of hydrogen-bond donors (Lipinski definition) is 0. The molecule has 0 unspecified atom stereocenters. The minimum Gasteiger partial charge on any atom is -0.457 e. The predicted octanol–water partition coefficient (Wildman–Crippen LogP) is 12.4. The molecule has 0 aliphatic heterocycles. The predicted molar refractivity (Wildman–Crippen MR) is 230 cm³/mol. The Morgan fingerprint density at radius 1 is 0.379 bits per heavy atom. The maximum atomic E-state index is 8.58. The number of nitrogens with zero attached hydrogens (tertiary/aromatic N) is 6. The highest BCUT2D eigenvalue weighted by Crippen LogP contribution is 2.37. The third kappa shape index (κ3) is 5.88. The van der Waals surface area contributed by atoms with Crippen LogP contribution < -0.4 is 9.47 Å². The van der Waals surface area contributed by atoms with Gasteiger partial charge in [-0.2, -0.15) is 0 Å². The minimum atomic E-state index is 0.341. The number of aromatic nitrogens is 6. The molecule has 0 amide bonds. The first-order valence-corrected chi connectivity index (χ1v) is 18.8. The summed E-state index contributed by atoms with van der Waals surface area (Å²) >= 11 is 0. The first kappa shape index (κ1) is 31.1. The average Bonchev–Trinajstić information content (AvgIpc) is 3.79. The number of rotatable bonds is 8. The van der Waals surface area contributed by atoms with Crippen LogP contribution in [0.3, 0.4) is 0 Å². The van der Waals surface area contributed by atoms with Crippen molar-refractivity contribution in [3.05, 3.63) is 195 Å². The highest BCUT2D eigenvalue weighted by atomic mass is 16.5. The second-order valence-electron chi connectivity index (χ2n) is 13.8. The molecule has 0 saturated heterocycles. The lowest BCUT2D eigenvalue weighted by molar-refractivity contribution is 0.483. The number of para-hydroxylation sites is 2. The molecule has 0 aliphatic carbocycles. The standard InChI is InChI=1S/C50H32N6O2/c1-3-17-45-39(15-1)41-23-21-37(29-47(41)55(45)49-19-5-7-25-51-49)57-35-13-9-11-33(27-35)43-31-54-44(32-53-43)34-12-10-14-36(28-34)58-38-22-24-42-40-16-2-4-18-46(40)56(48(42)30-38)50-20-6-8-26-52-50/h1-32H/i19D,20D. The quantitative estimate of drug-likeness (QED) is 0.154. The van der Waals surface area contributed by atoms with Crippen LogP contribution in [-0.2, 0) is 0 Å². The first-order chi connectivity index (χ1) is 29.6. The largest absolute Gasteiger partial charge is 0.457 e. The molecule has 58 heavy (non-hydrogen) atoms. The number of fused-ring (bicyclic) bond motifs is 6. The molecule has 5 aromatic heterocycles. The molecule has 5 heterocycles. The van der Waals surface area contributed by atoms with Crippen molar-refractivity contribution in [3.63, 3.8) is 0 Å². The van der Waals surface area contributed by atoms with Crippen LogP contribution in [0, 0.1) is 0 Å². The van der Waals surface area contributed by atoms with Gasteiger partial charge in [0.1, 0.15) is 34.6 Å². The molecular weight excluding hydrogens is 717 g/mol. The lowest BCUT2D eigenvalue weighted by Gasteiger charge is -2.11. The van der Waals surface area contributed by atoms with Gasteiger partial charge in [0.05, 0.1) is 48.6 Å². The SMILES string of the molecule is [2H]c1cccnc1-n1c2ccccc2c2ccc(Oc3cccc(-c4cnc(-c5cccc(Oc6ccc7c8ccccc8n(-c8ncccc8[2H])c7c6)c5)cn4)c3)cc21. The zero-order chi connectivity index (χ0) is 40.2. The molecule has 11 rings (SSSR count). The Kier molecular flexibility index (Phi) is 7.45. The van der Waals surface area contributed by atoms with Gasteiger partial charge in [-0.15, -0.1) is 0 Å². The normalized spacial score (nSPS) is 11.9. The summed E-state index contributed by atoms with van der Waals surface area (Å²) < 4.78 is 34.1. The second-order valence-corrected chi connectivity index (χ2v) is 13.8. The molecule has 0 radical (unpaired) electrons. The van der Waals surface area contributed by atoms with E-state index >= 15 is 0 Å². The van der Waals surface area contributed by atoms with E-state index in [1.807, 2.05) is 118 Å². The molecule has 0 atom stereocenters. The van der Waals surface area contributed by atoms with Crippen LogP contribution in [-0.4, -0.2) is 29.1 Å². The minimum absolute atomic E-state index is 0.341. The van der Waals surface area contributed by atoms with Crippen molar-refractivity contribution in [1.82, 2.24) is 29.1 Å². The summed E-state index contributed by atoms with van der Waals surface area (Å²) in [6.45, 7) is 0. The van der Waals surface area contributed by atoms with E-state index in [0.29, 0.717) is 58.1 Å². The van der Waals surface area contributed by atoms with Crippen LogP contribution in [0.1, 0.15) is 2.74 Å². The summed E-state index contributed by atoms with van der Waals surface area (Å²) in [6.07, 6.45) is 6.96. The van der Waals surface area contributed by atoms with E-state index in [2.05, 4.69) is 34.2 Å². The van der Waals surface area contributed by atoms with Crippen LogP contribution in [0.15, 0.2) is 195 Å². The summed E-state index contributed by atoms with van der Waals surface area (Å²) in [4.78, 5) is 18.7. The Morgan fingerprint density at radius 3 is 1.29 bits per heavy atom. The van der Waals surface area contributed by atoms with Crippen LogP contribution in [0.4, 0.5) is 0 Å². The number of hydrogen-bond acceptors (Lipinski definition) is 6. The van der Waals surface area contributed by atoms with Gasteiger partial charge in [-0.25, -0.2) is 9.97 Å². The average molecular weight is 751 g/mol. The smallest absolute Gasteiger partial charge is 0.137 e. The highest BCUT2D eigenvalue weighted by Gasteiger charge is 2.16. The van der Waals surface area contributed by atoms with Crippen molar-refractivity contribution in [1.29, 1.82) is 0 Å². The van der Waals surface area contributed by atoms with E-state index in [0.717, 1.165) is 54.7 Å². The Bertz CT molecular complexity index is 3210. The molecule has 0 saturated carbocycles. The Balaban J connectivity index is 0.854. The molecule has 0 fully saturated rings. The third-order valence-electron chi connectivity index (χ3n) is 10.3. The Hall–Kier alpha value is -8.10. The van der Waals surface area contributed by atoms with Crippen LogP contribution in [0.5, 0.6) is 23.0 Å². The molecule has 0 N–H and O–H groups in total. The fourth-order valence-corrected chi connectivity index (χ4v) is 7.70. The molecule has 8 heteroatoms. The monoisotopic (exact) mass is 750 g/mol. The van der Waals surface area contributed by atoms with Crippen molar-refractivity contribution < 1.29 is 12.2 Å². The molecule has 0 bridgehead atoms. The van der Waals surface area contributed by atoms with Crippen molar-refractivity contribution in [2.45, 2.75) is 0 Å². The Labute approximate surface area is 335 Å². The van der Waals surface area contributed by atoms with Crippen LogP contribution in [0.2, 0.25) is 0 Å². The third-order valence-corrected chi connectivity index (χ3v) is 10.3. The van der Waals surface area contributed by atoms with Gasteiger partial charge in [-0.3, -0.25) is 19.1 Å². The molecular formula is C50H32N6O2. The van der Waals surface area contributed by atoms with Crippen molar-refractivity contribution in [3.8, 4) is 57.1 Å². The number of pyridine rings is 2. The maximum absolute atomic E-state index is 8.58. The van der Waals surface area contributed by atoms with E-state index in [-0.39, 0.29) is 0 Å². The molecule has 11 aromatic rings. The molecule has 6 aromatic carbocycles. The van der Waals surface area contributed by atoms with Gasteiger partial charge in [0.25, 0.3) is 0 Å². The molecule has 0 aliphatic rings. The summed E-state index contributed by atoms with van der Waals surface area (Å²) in [5.41, 5.74) is 6.90. The number of ether oxygens (including phenoxy) is 2. The summed E-state index contributed by atoms with van der Waals surface area (Å²) in [6, 6.07) is 51.7. The lowest BCUT2D eigenvalue weighted by atomic mass is 10.1. The van der Waals surface area contributed by atoms with E-state index in [9.17, 15) is 0 Å². The van der Waals surface area contributed by atoms with Crippen LogP contribution in [0.25, 0.3) is 77.8 Å². The van der Waals surface area contributed by atoms with Gasteiger partial charge >= 0.3 is 0 Å². The molecule has 8 nitrogen and oxygen atoms in total. The summed E-state index contributed by atoms with van der Waals surface area (Å²) in [5.74, 6) is 3.76. The Morgan fingerprint density at radius 2 is 0.828 bits per heavy atom. The summed E-state index contributed by atoms with van der Waals surface area (Å²) in [5, 5.41) is 4.26. The fraction of sp³-hybridized carbons (Fsp3) is 0. The van der Waals surface area contributed by atoms with Gasteiger partial charge in [0.15, 0.2) is 0 Å². The van der Waals surface area contributed by atoms with Crippen molar-refractivity contribution in [2.24, 2.45) is 0 Å². The van der Waals surface area contributed by atoms with Gasteiger partial charge < -0.3 is 9.47 Å². The van der Waals surface area contributed by atoms with E-state index in [1.165, 1.54) is 0 Å². The van der Waals surface area contributed by atoms with Gasteiger partial charge in [0.2, 0.25) is 0 Å². The van der Waals surface area contributed by atoms with Gasteiger partial charge in [-0.05, 0) is 84.9 Å². The topological polar surface area (TPSA) is 79.9 Å². The van der Waals surface area contributed by atoms with Gasteiger partial charge in [0, 0.05) is 57.2 Å². The zero-order valence-electron chi connectivity index (χ0n) is 32.8. The maximum Gasteiger partial charge on any atom is 0.137 e. The lowest BCUT2D eigenvalue weighted by Crippen LogP contribution is -1.96. The zero-order valence-corrected chi connectivity index (χ0v) is 30.8. The first-order valence-electron chi connectivity index (χ1n) is 19.8. The highest BCUT2D eigenvalue weighted by molar-refractivity contribution is 6.10. The van der Waals surface area contributed by atoms with Crippen molar-refractivity contribution in [2.75, 3.05) is 0 Å². The molecule has 274 valence electrons. The van der Waals surface area contributed by atoms with Gasteiger partial charge in [-0.1, -0.05) is 72.8 Å². The summed E-state index contributed by atoms with van der Waals surface area (Å²) in [7, 11) is 0. The van der Waals surface area contributed by atoms with E-state index in [4.69, 9.17) is 22.2 Å². The van der Waals surface area contributed by atoms with Crippen LogP contribution >= 0.6 is 0 Å².